The van der Waals surface area contributed by atoms with E-state index in [9.17, 15) is 22.0 Å². The topological polar surface area (TPSA) is 74.7 Å². The van der Waals surface area contributed by atoms with E-state index in [1.807, 2.05) is 0 Å². The molecule has 1 aromatic rings. The number of carboxylic acids is 1. The molecule has 118 valence electrons. The molecule has 1 rings (SSSR count). The third-order valence-electron chi connectivity index (χ3n) is 2.54. The first-order valence-electron chi connectivity index (χ1n) is 5.76. The highest BCUT2D eigenvalue weighted by molar-refractivity contribution is 9.10. The van der Waals surface area contributed by atoms with Crippen molar-refractivity contribution in [2.24, 2.45) is 0 Å². The number of carboxylic acid groups (broad SMARTS) is 1. The third kappa shape index (κ3) is 3.98. The smallest absolute Gasteiger partial charge is 0.318 e. The lowest BCUT2D eigenvalue weighted by Crippen LogP contribution is -2.48. The van der Waals surface area contributed by atoms with Gasteiger partial charge in [0.25, 0.3) is 0 Å². The molecule has 0 heterocycles. The summed E-state index contributed by atoms with van der Waals surface area (Å²) in [5, 5.41) is 8.87. The van der Waals surface area contributed by atoms with Gasteiger partial charge in [-0.3, -0.25) is 4.79 Å². The van der Waals surface area contributed by atoms with Crippen LogP contribution in [-0.4, -0.2) is 35.9 Å². The minimum absolute atomic E-state index is 0.306. The molecule has 0 aromatic heterocycles. The molecule has 0 aliphatic rings. The molecular weight excluding hydrogens is 372 g/mol. The fourth-order valence-electron chi connectivity index (χ4n) is 1.69. The highest BCUT2D eigenvalue weighted by Crippen LogP contribution is 2.32. The van der Waals surface area contributed by atoms with Crippen LogP contribution in [0.3, 0.4) is 0 Å². The van der Waals surface area contributed by atoms with Crippen LogP contribution in [0.2, 0.25) is 0 Å². The Morgan fingerprint density at radius 2 is 1.86 bits per heavy atom. The maximum absolute atomic E-state index is 13.9. The second-order valence-corrected chi connectivity index (χ2v) is 7.93. The van der Waals surface area contributed by atoms with Crippen LogP contribution in [0.4, 0.5) is 8.78 Å². The maximum atomic E-state index is 13.9. The van der Waals surface area contributed by atoms with Crippen molar-refractivity contribution in [3.05, 3.63) is 28.2 Å². The van der Waals surface area contributed by atoms with Gasteiger partial charge in [0.05, 0.1) is 0 Å². The van der Waals surface area contributed by atoms with Crippen molar-refractivity contribution in [2.45, 2.75) is 31.2 Å². The molecule has 0 aliphatic heterocycles. The standard InChI is InChI=1S/C12H14BrF2NO4S/c1-12(2,3)16(6-10(17)18)21(19,20)11-8(13)4-7(14)5-9(11)15/h4-5H,6H2,1-3H3,(H,17,18). The number of aliphatic carboxylic acids is 1. The van der Waals surface area contributed by atoms with Gasteiger partial charge in [0.15, 0.2) is 0 Å². The largest absolute Gasteiger partial charge is 0.480 e. The van der Waals surface area contributed by atoms with E-state index < -0.39 is 44.6 Å². The molecular formula is C12H14BrF2NO4S. The van der Waals surface area contributed by atoms with E-state index in [0.29, 0.717) is 10.4 Å². The zero-order valence-corrected chi connectivity index (χ0v) is 13.9. The first-order chi connectivity index (χ1) is 9.37. The van der Waals surface area contributed by atoms with Gasteiger partial charge in [0.1, 0.15) is 23.1 Å². The van der Waals surface area contributed by atoms with E-state index in [1.165, 1.54) is 20.8 Å². The quantitative estimate of drug-likeness (QED) is 0.864. The lowest BCUT2D eigenvalue weighted by Gasteiger charge is -2.33. The van der Waals surface area contributed by atoms with Crippen molar-refractivity contribution < 1.29 is 27.1 Å². The Morgan fingerprint density at radius 1 is 1.33 bits per heavy atom. The molecule has 0 fully saturated rings. The van der Waals surface area contributed by atoms with Gasteiger partial charge in [-0.05, 0) is 42.8 Å². The van der Waals surface area contributed by atoms with E-state index in [0.717, 1.165) is 6.07 Å². The molecule has 0 radical (unpaired) electrons. The first kappa shape index (κ1) is 18.0. The number of benzene rings is 1. The lowest BCUT2D eigenvalue weighted by molar-refractivity contribution is -0.138. The second kappa shape index (κ2) is 5.98. The van der Waals surface area contributed by atoms with Crippen molar-refractivity contribution in [1.29, 1.82) is 0 Å². The SMILES string of the molecule is CC(C)(C)N(CC(=O)O)S(=O)(=O)c1c(F)cc(F)cc1Br. The molecule has 1 N–H and O–H groups in total. The zero-order valence-electron chi connectivity index (χ0n) is 11.5. The Labute approximate surface area is 129 Å². The van der Waals surface area contributed by atoms with Crippen molar-refractivity contribution >= 4 is 31.9 Å². The highest BCUT2D eigenvalue weighted by atomic mass is 79.9. The van der Waals surface area contributed by atoms with Crippen LogP contribution in [0.1, 0.15) is 20.8 Å². The Kier molecular flexibility index (Phi) is 5.12. The number of nitrogens with zero attached hydrogens (tertiary/aromatic N) is 1. The lowest BCUT2D eigenvalue weighted by atomic mass is 10.1. The Bertz CT molecular complexity index is 647. The molecule has 0 amide bonds. The van der Waals surface area contributed by atoms with Gasteiger partial charge in [0.2, 0.25) is 10.0 Å². The van der Waals surface area contributed by atoms with Crippen molar-refractivity contribution in [2.75, 3.05) is 6.54 Å². The van der Waals surface area contributed by atoms with Crippen LogP contribution < -0.4 is 0 Å². The summed E-state index contributed by atoms with van der Waals surface area (Å²) in [4.78, 5) is 10.1. The van der Waals surface area contributed by atoms with E-state index in [2.05, 4.69) is 15.9 Å². The molecule has 21 heavy (non-hydrogen) atoms. The summed E-state index contributed by atoms with van der Waals surface area (Å²) in [6.07, 6.45) is 0. The molecule has 0 spiro atoms. The van der Waals surface area contributed by atoms with Crippen LogP contribution in [-0.2, 0) is 14.8 Å². The third-order valence-corrected chi connectivity index (χ3v) is 5.61. The van der Waals surface area contributed by atoms with Crippen molar-refractivity contribution in [3.8, 4) is 0 Å². The van der Waals surface area contributed by atoms with Gasteiger partial charge < -0.3 is 5.11 Å². The summed E-state index contributed by atoms with van der Waals surface area (Å²) < 4.78 is 52.4. The molecule has 0 bridgehead atoms. The van der Waals surface area contributed by atoms with E-state index in [1.54, 1.807) is 0 Å². The average Bonchev–Trinajstić information content (AvgIpc) is 2.21. The normalized spacial score (nSPS) is 12.7. The van der Waals surface area contributed by atoms with Crippen LogP contribution in [0.5, 0.6) is 0 Å². The Morgan fingerprint density at radius 3 is 2.24 bits per heavy atom. The van der Waals surface area contributed by atoms with Gasteiger partial charge in [-0.1, -0.05) is 0 Å². The summed E-state index contributed by atoms with van der Waals surface area (Å²) in [5.74, 6) is -3.62. The summed E-state index contributed by atoms with van der Waals surface area (Å²) in [7, 11) is -4.47. The summed E-state index contributed by atoms with van der Waals surface area (Å²) in [6.45, 7) is 3.59. The molecule has 5 nitrogen and oxygen atoms in total. The molecule has 0 saturated heterocycles. The fraction of sp³-hybridized carbons (Fsp3) is 0.417. The Hall–Kier alpha value is -1.06. The summed E-state index contributed by atoms with van der Waals surface area (Å²) in [6, 6.07) is 1.23. The summed E-state index contributed by atoms with van der Waals surface area (Å²) >= 11 is 2.80. The number of hydrogen-bond acceptors (Lipinski definition) is 3. The highest BCUT2D eigenvalue weighted by Gasteiger charge is 2.38. The monoisotopic (exact) mass is 385 g/mol. The van der Waals surface area contributed by atoms with Crippen molar-refractivity contribution in [1.82, 2.24) is 4.31 Å². The zero-order chi connectivity index (χ0) is 16.6. The second-order valence-electron chi connectivity index (χ2n) is 5.27. The van der Waals surface area contributed by atoms with Crippen LogP contribution in [0, 0.1) is 11.6 Å². The van der Waals surface area contributed by atoms with E-state index in [-0.39, 0.29) is 4.47 Å². The van der Waals surface area contributed by atoms with E-state index in [4.69, 9.17) is 5.11 Å². The molecule has 0 atom stereocenters. The number of hydrogen-bond donors (Lipinski definition) is 1. The number of sulfonamides is 1. The fourth-order valence-corrected chi connectivity index (χ4v) is 4.55. The molecule has 0 saturated carbocycles. The molecule has 1 aromatic carbocycles. The molecule has 9 heteroatoms. The molecule has 0 aliphatic carbocycles. The van der Waals surface area contributed by atoms with Gasteiger partial charge in [-0.2, -0.15) is 4.31 Å². The maximum Gasteiger partial charge on any atom is 0.318 e. The van der Waals surface area contributed by atoms with Crippen LogP contribution in [0.15, 0.2) is 21.5 Å². The van der Waals surface area contributed by atoms with Crippen LogP contribution in [0.25, 0.3) is 0 Å². The number of halogens is 3. The van der Waals surface area contributed by atoms with Gasteiger partial charge in [-0.15, -0.1) is 0 Å². The van der Waals surface area contributed by atoms with Crippen LogP contribution >= 0.6 is 15.9 Å². The molecule has 0 unspecified atom stereocenters. The van der Waals surface area contributed by atoms with Gasteiger partial charge in [0, 0.05) is 16.1 Å². The average molecular weight is 386 g/mol. The van der Waals surface area contributed by atoms with Crippen molar-refractivity contribution in [3.63, 3.8) is 0 Å². The Balaban J connectivity index is 3.54. The predicted molar refractivity (Wildman–Crippen MR) is 75.3 cm³/mol. The van der Waals surface area contributed by atoms with E-state index >= 15 is 0 Å². The number of rotatable bonds is 4. The summed E-state index contributed by atoms with van der Waals surface area (Å²) in [5.41, 5.74) is -1.10. The number of carbonyl (C=O) groups is 1. The predicted octanol–water partition coefficient (Wildman–Crippen LogP) is 2.60. The minimum atomic E-state index is -4.47. The first-order valence-corrected chi connectivity index (χ1v) is 8.00. The minimum Gasteiger partial charge on any atom is -0.480 e. The van der Waals surface area contributed by atoms with Gasteiger partial charge >= 0.3 is 5.97 Å². The van der Waals surface area contributed by atoms with Gasteiger partial charge in [-0.25, -0.2) is 17.2 Å².